The highest BCUT2D eigenvalue weighted by Gasteiger charge is 2.15. The number of nitrogens with zero attached hydrogens (tertiary/aromatic N) is 1. The van der Waals surface area contributed by atoms with Crippen LogP contribution in [-0.4, -0.2) is 43.1 Å². The Morgan fingerprint density at radius 1 is 1.47 bits per heavy atom. The van der Waals surface area contributed by atoms with Gasteiger partial charge in [0.1, 0.15) is 0 Å². The lowest BCUT2D eigenvalue weighted by Crippen LogP contribution is -2.48. The standard InChI is InChI=1S/C10H19N3O2/c1-2-3-4-9(14)12-10(11)13-5-7-15-8-6-13/h2-8H2,1H3,(H2,11,12,14). The molecular formula is C10H19N3O2. The van der Waals surface area contributed by atoms with Gasteiger partial charge in [-0.15, -0.1) is 0 Å². The zero-order valence-electron chi connectivity index (χ0n) is 9.21. The van der Waals surface area contributed by atoms with E-state index < -0.39 is 0 Å². The molecule has 1 amide bonds. The Balaban J connectivity index is 2.24. The first-order chi connectivity index (χ1) is 7.24. The Bertz CT molecular complexity index is 225. The number of guanidine groups is 1. The molecule has 0 aliphatic carbocycles. The lowest BCUT2D eigenvalue weighted by Gasteiger charge is -2.28. The van der Waals surface area contributed by atoms with E-state index in [1.807, 2.05) is 11.8 Å². The number of unbranched alkanes of at least 4 members (excludes halogenated alkanes) is 1. The largest absolute Gasteiger partial charge is 0.378 e. The van der Waals surface area contributed by atoms with Gasteiger partial charge in [-0.25, -0.2) is 0 Å². The lowest BCUT2D eigenvalue weighted by atomic mass is 10.2. The van der Waals surface area contributed by atoms with Crippen molar-refractivity contribution in [1.82, 2.24) is 10.2 Å². The number of hydrogen-bond donors (Lipinski definition) is 2. The Labute approximate surface area is 90.3 Å². The predicted molar refractivity (Wildman–Crippen MR) is 57.8 cm³/mol. The van der Waals surface area contributed by atoms with Gasteiger partial charge in [0.15, 0.2) is 5.96 Å². The zero-order valence-corrected chi connectivity index (χ0v) is 9.21. The number of morpholine rings is 1. The summed E-state index contributed by atoms with van der Waals surface area (Å²) in [7, 11) is 0. The van der Waals surface area contributed by atoms with E-state index in [0.717, 1.165) is 12.8 Å². The number of ether oxygens (including phenoxy) is 1. The van der Waals surface area contributed by atoms with E-state index in [2.05, 4.69) is 5.32 Å². The van der Waals surface area contributed by atoms with Gasteiger partial charge in [0.05, 0.1) is 13.2 Å². The second-order valence-corrected chi connectivity index (χ2v) is 3.60. The maximum absolute atomic E-state index is 11.3. The van der Waals surface area contributed by atoms with Crippen LogP contribution in [0.5, 0.6) is 0 Å². The summed E-state index contributed by atoms with van der Waals surface area (Å²) in [5.41, 5.74) is 0. The quantitative estimate of drug-likeness (QED) is 0.532. The minimum absolute atomic E-state index is 0.0617. The summed E-state index contributed by atoms with van der Waals surface area (Å²) in [6.45, 7) is 4.68. The molecule has 1 rings (SSSR count). The third-order valence-corrected chi connectivity index (χ3v) is 2.34. The van der Waals surface area contributed by atoms with E-state index >= 15 is 0 Å². The van der Waals surface area contributed by atoms with Crippen LogP contribution in [0.15, 0.2) is 0 Å². The topological polar surface area (TPSA) is 65.4 Å². The van der Waals surface area contributed by atoms with Crippen LogP contribution >= 0.6 is 0 Å². The molecule has 1 saturated heterocycles. The van der Waals surface area contributed by atoms with E-state index in [4.69, 9.17) is 10.1 Å². The summed E-state index contributed by atoms with van der Waals surface area (Å²) in [5, 5.41) is 10.3. The van der Waals surface area contributed by atoms with Crippen LogP contribution in [0.1, 0.15) is 26.2 Å². The molecule has 0 atom stereocenters. The third-order valence-electron chi connectivity index (χ3n) is 2.34. The molecule has 1 aliphatic rings. The highest BCUT2D eigenvalue weighted by atomic mass is 16.5. The normalized spacial score (nSPS) is 16.2. The minimum Gasteiger partial charge on any atom is -0.378 e. The first kappa shape index (κ1) is 12.0. The Kier molecular flexibility index (Phi) is 5.10. The molecule has 5 heteroatoms. The maximum atomic E-state index is 11.3. The van der Waals surface area contributed by atoms with Gasteiger partial charge in [-0.05, 0) is 6.42 Å². The highest BCUT2D eigenvalue weighted by molar-refractivity contribution is 5.95. The van der Waals surface area contributed by atoms with Gasteiger partial charge in [0.2, 0.25) is 5.91 Å². The molecule has 0 aromatic rings. The monoisotopic (exact) mass is 213 g/mol. The minimum atomic E-state index is -0.0617. The Morgan fingerprint density at radius 2 is 2.13 bits per heavy atom. The Morgan fingerprint density at radius 3 is 2.73 bits per heavy atom. The molecule has 1 aliphatic heterocycles. The number of carbonyl (C=O) groups is 1. The summed E-state index contributed by atoms with van der Waals surface area (Å²) in [4.78, 5) is 13.2. The smallest absolute Gasteiger partial charge is 0.226 e. The van der Waals surface area contributed by atoms with Crippen molar-refractivity contribution in [2.75, 3.05) is 26.3 Å². The van der Waals surface area contributed by atoms with Gasteiger partial charge in [-0.1, -0.05) is 13.3 Å². The van der Waals surface area contributed by atoms with Crippen molar-refractivity contribution in [1.29, 1.82) is 5.41 Å². The number of rotatable bonds is 3. The average molecular weight is 213 g/mol. The highest BCUT2D eigenvalue weighted by Crippen LogP contribution is 1.97. The summed E-state index contributed by atoms with van der Waals surface area (Å²) < 4.78 is 5.17. The van der Waals surface area contributed by atoms with E-state index in [-0.39, 0.29) is 11.9 Å². The summed E-state index contributed by atoms with van der Waals surface area (Å²) >= 11 is 0. The van der Waals surface area contributed by atoms with Gasteiger partial charge in [-0.3, -0.25) is 15.5 Å². The van der Waals surface area contributed by atoms with E-state index in [1.54, 1.807) is 0 Å². The molecule has 0 radical (unpaired) electrons. The van der Waals surface area contributed by atoms with E-state index in [9.17, 15) is 4.79 Å². The fraction of sp³-hybridized carbons (Fsp3) is 0.800. The molecule has 0 aromatic carbocycles. The molecule has 86 valence electrons. The van der Waals surface area contributed by atoms with Gasteiger partial charge in [0.25, 0.3) is 0 Å². The van der Waals surface area contributed by atoms with Gasteiger partial charge in [-0.2, -0.15) is 0 Å². The molecule has 0 unspecified atom stereocenters. The molecule has 15 heavy (non-hydrogen) atoms. The first-order valence-corrected chi connectivity index (χ1v) is 5.45. The number of carbonyl (C=O) groups excluding carboxylic acids is 1. The summed E-state index contributed by atoms with van der Waals surface area (Å²) in [6.07, 6.45) is 2.38. The van der Waals surface area contributed by atoms with Crippen molar-refractivity contribution < 1.29 is 9.53 Å². The number of hydrogen-bond acceptors (Lipinski definition) is 3. The molecule has 0 bridgehead atoms. The van der Waals surface area contributed by atoms with Crippen molar-refractivity contribution in [2.24, 2.45) is 0 Å². The van der Waals surface area contributed by atoms with Crippen molar-refractivity contribution in [2.45, 2.75) is 26.2 Å². The molecule has 5 nitrogen and oxygen atoms in total. The molecule has 2 N–H and O–H groups in total. The van der Waals surface area contributed by atoms with E-state index in [0.29, 0.717) is 32.7 Å². The van der Waals surface area contributed by atoms with Gasteiger partial charge in [0, 0.05) is 19.5 Å². The molecule has 0 spiro atoms. The van der Waals surface area contributed by atoms with Gasteiger partial charge < -0.3 is 9.64 Å². The van der Waals surface area contributed by atoms with Crippen LogP contribution in [0.25, 0.3) is 0 Å². The SMILES string of the molecule is CCCCC(=O)NC(=N)N1CCOCC1. The van der Waals surface area contributed by atoms with Crippen LogP contribution in [0.4, 0.5) is 0 Å². The molecular weight excluding hydrogens is 194 g/mol. The van der Waals surface area contributed by atoms with Crippen LogP contribution in [0.3, 0.4) is 0 Å². The van der Waals surface area contributed by atoms with Crippen molar-refractivity contribution in [3.8, 4) is 0 Å². The maximum Gasteiger partial charge on any atom is 0.226 e. The van der Waals surface area contributed by atoms with Crippen LogP contribution < -0.4 is 5.32 Å². The lowest BCUT2D eigenvalue weighted by molar-refractivity contribution is -0.120. The van der Waals surface area contributed by atoms with Crippen LogP contribution in [0, 0.1) is 5.41 Å². The van der Waals surface area contributed by atoms with Crippen molar-refractivity contribution in [3.63, 3.8) is 0 Å². The van der Waals surface area contributed by atoms with Crippen molar-refractivity contribution >= 4 is 11.9 Å². The summed E-state index contributed by atoms with van der Waals surface area (Å²) in [6, 6.07) is 0. The molecule has 0 saturated carbocycles. The van der Waals surface area contributed by atoms with Crippen LogP contribution in [-0.2, 0) is 9.53 Å². The second kappa shape index (κ2) is 6.40. The predicted octanol–water partition coefficient (Wildman–Crippen LogP) is 0.560. The number of amides is 1. The second-order valence-electron chi connectivity index (χ2n) is 3.60. The van der Waals surface area contributed by atoms with E-state index in [1.165, 1.54) is 0 Å². The molecule has 1 heterocycles. The first-order valence-electron chi connectivity index (χ1n) is 5.45. The third kappa shape index (κ3) is 4.29. The Hall–Kier alpha value is -1.10. The molecule has 1 fully saturated rings. The summed E-state index contributed by atoms with van der Waals surface area (Å²) in [5.74, 6) is 0.146. The zero-order chi connectivity index (χ0) is 11.1. The fourth-order valence-electron chi connectivity index (χ4n) is 1.40. The van der Waals surface area contributed by atoms with Crippen molar-refractivity contribution in [3.05, 3.63) is 0 Å². The molecule has 0 aromatic heterocycles. The van der Waals surface area contributed by atoms with Crippen LogP contribution in [0.2, 0.25) is 0 Å². The number of nitrogens with one attached hydrogen (secondary N) is 2. The average Bonchev–Trinajstić information content (AvgIpc) is 2.27. The van der Waals surface area contributed by atoms with Gasteiger partial charge >= 0.3 is 0 Å². The fourth-order valence-corrected chi connectivity index (χ4v) is 1.40.